The third kappa shape index (κ3) is 4.79. The second kappa shape index (κ2) is 6.99. The highest BCUT2D eigenvalue weighted by Gasteiger charge is 2.23. The van der Waals surface area contributed by atoms with Crippen molar-refractivity contribution < 1.29 is 14.6 Å². The van der Waals surface area contributed by atoms with Gasteiger partial charge in [-0.2, -0.15) is 0 Å². The Morgan fingerprint density at radius 3 is 2.74 bits per heavy atom. The van der Waals surface area contributed by atoms with Crippen LogP contribution in [-0.2, 0) is 4.79 Å². The van der Waals surface area contributed by atoms with Crippen molar-refractivity contribution in [1.29, 1.82) is 0 Å². The number of aliphatic hydroxyl groups excluding tert-OH is 1. The van der Waals surface area contributed by atoms with Crippen molar-refractivity contribution in [3.63, 3.8) is 0 Å². The van der Waals surface area contributed by atoms with Gasteiger partial charge in [0.2, 0.25) is 0 Å². The van der Waals surface area contributed by atoms with Gasteiger partial charge in [-0.15, -0.1) is 0 Å². The van der Waals surface area contributed by atoms with Crippen LogP contribution in [0.15, 0.2) is 24.3 Å². The number of hydrogen-bond donors (Lipinski definition) is 3. The van der Waals surface area contributed by atoms with Gasteiger partial charge in [-0.3, -0.25) is 4.79 Å². The van der Waals surface area contributed by atoms with Crippen molar-refractivity contribution in [2.24, 2.45) is 0 Å². The number of hydrogen-bond acceptors (Lipinski definition) is 4. The van der Waals surface area contributed by atoms with Gasteiger partial charge in [-0.25, -0.2) is 0 Å². The summed E-state index contributed by atoms with van der Waals surface area (Å²) in [4.78, 5) is 11.8. The van der Waals surface area contributed by atoms with Crippen LogP contribution in [0.3, 0.4) is 0 Å². The quantitative estimate of drug-likeness (QED) is 0.650. The molecule has 1 unspecified atom stereocenters. The molecule has 0 aromatic heterocycles. The van der Waals surface area contributed by atoms with Crippen molar-refractivity contribution in [2.75, 3.05) is 18.9 Å². The zero-order chi connectivity index (χ0) is 14.3. The Hall–Kier alpha value is -1.75. The minimum Gasteiger partial charge on any atom is -0.482 e. The van der Waals surface area contributed by atoms with Crippen LogP contribution in [0.4, 0.5) is 5.69 Å². The highest BCUT2D eigenvalue weighted by molar-refractivity contribution is 5.78. The molecule has 5 heteroatoms. The monoisotopic (exact) mass is 266 g/mol. The second-order valence-corrected chi connectivity index (χ2v) is 4.76. The number of carbonyl (C=O) groups is 1. The Morgan fingerprint density at radius 1 is 1.47 bits per heavy atom. The number of rotatable bonds is 7. The fraction of sp³-hybridized carbons (Fsp3) is 0.500. The Labute approximate surface area is 113 Å². The molecule has 0 spiro atoms. The van der Waals surface area contributed by atoms with Gasteiger partial charge >= 0.3 is 0 Å². The summed E-state index contributed by atoms with van der Waals surface area (Å²) in [7, 11) is 0. The SMILES string of the molecule is CCC(C)(CCO)NC(=O)COc1ccccc1N. The number of anilines is 1. The van der Waals surface area contributed by atoms with Crippen LogP contribution in [0.2, 0.25) is 0 Å². The lowest BCUT2D eigenvalue weighted by molar-refractivity contribution is -0.125. The molecule has 5 nitrogen and oxygen atoms in total. The summed E-state index contributed by atoms with van der Waals surface area (Å²) in [5.74, 6) is 0.277. The molecule has 0 heterocycles. The molecule has 1 atom stereocenters. The molecule has 0 aliphatic heterocycles. The van der Waals surface area contributed by atoms with Crippen LogP contribution in [0, 0.1) is 0 Å². The lowest BCUT2D eigenvalue weighted by Gasteiger charge is -2.28. The zero-order valence-electron chi connectivity index (χ0n) is 11.5. The van der Waals surface area contributed by atoms with Gasteiger partial charge in [0.05, 0.1) is 5.69 Å². The summed E-state index contributed by atoms with van der Waals surface area (Å²) in [6.07, 6.45) is 1.26. The van der Waals surface area contributed by atoms with E-state index in [1.165, 1.54) is 0 Å². The average Bonchev–Trinajstić information content (AvgIpc) is 2.38. The van der Waals surface area contributed by atoms with Gasteiger partial charge in [-0.05, 0) is 31.9 Å². The Morgan fingerprint density at radius 2 is 2.16 bits per heavy atom. The Kier molecular flexibility index (Phi) is 5.63. The van der Waals surface area contributed by atoms with E-state index in [1.807, 2.05) is 13.8 Å². The van der Waals surface area contributed by atoms with Crippen molar-refractivity contribution in [3.8, 4) is 5.75 Å². The van der Waals surface area contributed by atoms with Crippen LogP contribution in [-0.4, -0.2) is 29.8 Å². The Balaban J connectivity index is 2.50. The van der Waals surface area contributed by atoms with E-state index >= 15 is 0 Å². The molecule has 0 radical (unpaired) electrons. The molecule has 1 rings (SSSR count). The first-order valence-corrected chi connectivity index (χ1v) is 6.40. The van der Waals surface area contributed by atoms with E-state index < -0.39 is 5.54 Å². The minimum absolute atomic E-state index is 0.0388. The summed E-state index contributed by atoms with van der Waals surface area (Å²) in [6, 6.07) is 7.04. The molecule has 0 saturated heterocycles. The van der Waals surface area contributed by atoms with Crippen LogP contribution >= 0.6 is 0 Å². The van der Waals surface area contributed by atoms with E-state index in [1.54, 1.807) is 24.3 Å². The predicted molar refractivity (Wildman–Crippen MR) is 74.9 cm³/mol. The molecule has 1 aromatic rings. The molecular weight excluding hydrogens is 244 g/mol. The minimum atomic E-state index is -0.405. The average molecular weight is 266 g/mol. The van der Waals surface area contributed by atoms with Gasteiger partial charge in [0, 0.05) is 12.1 Å². The second-order valence-electron chi connectivity index (χ2n) is 4.76. The standard InChI is InChI=1S/C14H22N2O3/c1-3-14(2,8-9-17)16-13(18)10-19-12-7-5-4-6-11(12)15/h4-7,17H,3,8-10,15H2,1-2H3,(H,16,18). The summed E-state index contributed by atoms with van der Waals surface area (Å²) < 4.78 is 5.37. The maximum Gasteiger partial charge on any atom is 0.258 e. The van der Waals surface area contributed by atoms with Gasteiger partial charge in [0.1, 0.15) is 5.75 Å². The molecule has 106 valence electrons. The fourth-order valence-corrected chi connectivity index (χ4v) is 1.70. The van der Waals surface area contributed by atoms with E-state index in [9.17, 15) is 4.79 Å². The summed E-state index contributed by atoms with van der Waals surface area (Å²) in [5.41, 5.74) is 5.82. The van der Waals surface area contributed by atoms with Gasteiger partial charge in [0.15, 0.2) is 6.61 Å². The number of para-hydroxylation sites is 2. The first-order chi connectivity index (χ1) is 9.00. The van der Waals surface area contributed by atoms with Gasteiger partial charge in [-0.1, -0.05) is 19.1 Å². The number of nitrogens with two attached hydrogens (primary N) is 1. The van der Waals surface area contributed by atoms with Crippen LogP contribution in [0.25, 0.3) is 0 Å². The van der Waals surface area contributed by atoms with Crippen LogP contribution in [0.1, 0.15) is 26.7 Å². The molecule has 0 saturated carbocycles. The third-order valence-corrected chi connectivity index (χ3v) is 3.16. The van der Waals surface area contributed by atoms with E-state index in [-0.39, 0.29) is 19.1 Å². The van der Waals surface area contributed by atoms with E-state index in [4.69, 9.17) is 15.6 Å². The van der Waals surface area contributed by atoms with Crippen molar-refractivity contribution in [2.45, 2.75) is 32.2 Å². The number of ether oxygens (including phenoxy) is 1. The molecule has 4 N–H and O–H groups in total. The van der Waals surface area contributed by atoms with Crippen LogP contribution in [0.5, 0.6) is 5.75 Å². The maximum atomic E-state index is 11.8. The Bertz CT molecular complexity index is 423. The predicted octanol–water partition coefficient (Wildman–Crippen LogP) is 1.31. The normalized spacial score (nSPS) is 13.6. The molecular formula is C14H22N2O3. The molecule has 0 aliphatic carbocycles. The zero-order valence-corrected chi connectivity index (χ0v) is 11.5. The molecule has 1 amide bonds. The molecule has 0 fully saturated rings. The van der Waals surface area contributed by atoms with E-state index in [2.05, 4.69) is 5.32 Å². The molecule has 1 aromatic carbocycles. The van der Waals surface area contributed by atoms with Crippen molar-refractivity contribution in [3.05, 3.63) is 24.3 Å². The largest absolute Gasteiger partial charge is 0.482 e. The number of nitrogens with one attached hydrogen (secondary N) is 1. The van der Waals surface area contributed by atoms with Crippen LogP contribution < -0.4 is 15.8 Å². The number of nitrogen functional groups attached to an aromatic ring is 1. The smallest absolute Gasteiger partial charge is 0.258 e. The summed E-state index contributed by atoms with van der Waals surface area (Å²) >= 11 is 0. The summed E-state index contributed by atoms with van der Waals surface area (Å²) in [5, 5.41) is 11.9. The number of amides is 1. The molecule has 0 bridgehead atoms. The highest BCUT2D eigenvalue weighted by Crippen LogP contribution is 2.19. The lowest BCUT2D eigenvalue weighted by atomic mass is 9.95. The summed E-state index contributed by atoms with van der Waals surface area (Å²) in [6.45, 7) is 3.82. The number of aliphatic hydroxyl groups is 1. The molecule has 19 heavy (non-hydrogen) atoms. The van der Waals surface area contributed by atoms with Gasteiger partial charge in [0.25, 0.3) is 5.91 Å². The van der Waals surface area contributed by atoms with E-state index in [0.717, 1.165) is 6.42 Å². The lowest BCUT2D eigenvalue weighted by Crippen LogP contribution is -2.47. The molecule has 0 aliphatic rings. The van der Waals surface area contributed by atoms with Gasteiger partial charge < -0.3 is 20.9 Å². The first kappa shape index (κ1) is 15.3. The third-order valence-electron chi connectivity index (χ3n) is 3.16. The maximum absolute atomic E-state index is 11.8. The first-order valence-electron chi connectivity index (χ1n) is 6.40. The fourth-order valence-electron chi connectivity index (χ4n) is 1.70. The highest BCUT2D eigenvalue weighted by atomic mass is 16.5. The van der Waals surface area contributed by atoms with Crippen molar-refractivity contribution in [1.82, 2.24) is 5.32 Å². The van der Waals surface area contributed by atoms with Crippen molar-refractivity contribution >= 4 is 11.6 Å². The number of benzene rings is 1. The van der Waals surface area contributed by atoms with E-state index in [0.29, 0.717) is 17.9 Å². The topological polar surface area (TPSA) is 84.6 Å². The number of carbonyl (C=O) groups excluding carboxylic acids is 1.